The average molecular weight is 361 g/mol. The quantitative estimate of drug-likeness (QED) is 0.782. The number of aliphatic hydroxyl groups excluding tert-OH is 1. The number of hydrogen-bond donors (Lipinski definition) is 3. The second kappa shape index (κ2) is 7.45. The van der Waals surface area contributed by atoms with Crippen molar-refractivity contribution in [2.24, 2.45) is 5.92 Å². The zero-order valence-electron chi connectivity index (χ0n) is 15.0. The summed E-state index contributed by atoms with van der Waals surface area (Å²) in [5, 5.41) is 13.9. The monoisotopic (exact) mass is 361 g/mol. The van der Waals surface area contributed by atoms with Crippen molar-refractivity contribution in [1.82, 2.24) is 15.2 Å². The number of rotatable bonds is 3. The lowest BCUT2D eigenvalue weighted by atomic mass is 10.1. The fourth-order valence-electron chi connectivity index (χ4n) is 3.19. The molecule has 2 amide bonds. The van der Waals surface area contributed by atoms with Gasteiger partial charge in [-0.1, -0.05) is 13.8 Å². The second-order valence-corrected chi connectivity index (χ2v) is 7.12. The lowest BCUT2D eigenvalue weighted by Crippen LogP contribution is -2.44. The van der Waals surface area contributed by atoms with Crippen molar-refractivity contribution in [2.75, 3.05) is 13.1 Å². The van der Waals surface area contributed by atoms with Crippen LogP contribution in [0.3, 0.4) is 0 Å². The predicted octanol–water partition coefficient (Wildman–Crippen LogP) is 2.04. The summed E-state index contributed by atoms with van der Waals surface area (Å²) >= 11 is 0. The number of carbonyl (C=O) groups excluding carboxylic acids is 2. The molecule has 0 aliphatic carbocycles. The van der Waals surface area contributed by atoms with Gasteiger partial charge in [0.05, 0.1) is 12.1 Å². The molecule has 26 heavy (non-hydrogen) atoms. The predicted molar refractivity (Wildman–Crippen MR) is 96.2 cm³/mol. The van der Waals surface area contributed by atoms with Crippen molar-refractivity contribution in [3.8, 4) is 0 Å². The molecule has 3 N–H and O–H groups in total. The number of benzene rings is 1. The highest BCUT2D eigenvalue weighted by Gasteiger charge is 2.29. The number of hydrogen-bond acceptors (Lipinski definition) is 3. The lowest BCUT2D eigenvalue weighted by Gasteiger charge is -2.22. The van der Waals surface area contributed by atoms with E-state index in [9.17, 15) is 19.1 Å². The Labute approximate surface area is 151 Å². The molecule has 2 heterocycles. The molecule has 1 aliphatic heterocycles. The Morgan fingerprint density at radius 1 is 1.27 bits per heavy atom. The van der Waals surface area contributed by atoms with E-state index in [0.29, 0.717) is 37.1 Å². The average Bonchev–Trinajstić information content (AvgIpc) is 2.93. The third-order valence-electron chi connectivity index (χ3n) is 4.82. The minimum absolute atomic E-state index is 0.105. The zero-order valence-corrected chi connectivity index (χ0v) is 15.0. The molecule has 0 unspecified atom stereocenters. The first-order valence-corrected chi connectivity index (χ1v) is 8.91. The maximum atomic E-state index is 13.3. The maximum absolute atomic E-state index is 13.3. The maximum Gasteiger partial charge on any atom is 0.270 e. The minimum Gasteiger partial charge on any atom is -0.391 e. The van der Waals surface area contributed by atoms with Crippen LogP contribution in [0.15, 0.2) is 24.3 Å². The Hall–Kier alpha value is -2.41. The Balaban J connectivity index is 1.71. The number of H-pyrrole nitrogens is 1. The molecule has 1 aromatic heterocycles. The summed E-state index contributed by atoms with van der Waals surface area (Å²) in [7, 11) is 0. The molecule has 140 valence electrons. The summed E-state index contributed by atoms with van der Waals surface area (Å²) in [5.74, 6) is -0.814. The molecular formula is C19H24FN3O3. The third kappa shape index (κ3) is 3.88. The van der Waals surface area contributed by atoms with Crippen molar-refractivity contribution >= 4 is 22.7 Å². The number of nitrogens with one attached hydrogen (secondary N) is 2. The van der Waals surface area contributed by atoms with Gasteiger partial charge in [-0.3, -0.25) is 9.59 Å². The van der Waals surface area contributed by atoms with Crippen LogP contribution in [-0.4, -0.2) is 52.0 Å². The first-order valence-electron chi connectivity index (χ1n) is 8.91. The van der Waals surface area contributed by atoms with Crippen LogP contribution in [0.5, 0.6) is 0 Å². The minimum atomic E-state index is -0.688. The molecule has 7 heteroatoms. The van der Waals surface area contributed by atoms with Crippen molar-refractivity contribution in [3.63, 3.8) is 0 Å². The van der Waals surface area contributed by atoms with Gasteiger partial charge in [0.25, 0.3) is 5.91 Å². The largest absolute Gasteiger partial charge is 0.391 e. The first kappa shape index (κ1) is 18.4. The van der Waals surface area contributed by atoms with Gasteiger partial charge in [0.2, 0.25) is 5.91 Å². The topological polar surface area (TPSA) is 85.4 Å². The van der Waals surface area contributed by atoms with Gasteiger partial charge in [-0.05, 0) is 37.1 Å². The van der Waals surface area contributed by atoms with Crippen LogP contribution >= 0.6 is 0 Å². The fourth-order valence-corrected chi connectivity index (χ4v) is 3.19. The number of aliphatic hydroxyl groups is 1. The number of halogens is 1. The standard InChI is InChI=1S/C19H24FN3O3/c1-11(2)18(25)22-14-5-7-23(8-6-17(14)24)19(26)16-9-12-3-4-13(20)10-15(12)21-16/h3-4,9-11,14,17,21,24H,5-8H2,1-2H3,(H,22,25)/t14-,17-/m0/s1. The van der Waals surface area contributed by atoms with E-state index in [1.54, 1.807) is 30.9 Å². The van der Waals surface area contributed by atoms with Gasteiger partial charge in [0, 0.05) is 29.9 Å². The molecule has 1 saturated heterocycles. The lowest BCUT2D eigenvalue weighted by molar-refractivity contribution is -0.125. The summed E-state index contributed by atoms with van der Waals surface area (Å²) in [6, 6.07) is 5.68. The van der Waals surface area contributed by atoms with Crippen LogP contribution < -0.4 is 5.32 Å². The molecule has 2 aromatic rings. The van der Waals surface area contributed by atoms with Gasteiger partial charge in [0.1, 0.15) is 11.5 Å². The first-order chi connectivity index (χ1) is 12.3. The van der Waals surface area contributed by atoms with Crippen LogP contribution in [0.2, 0.25) is 0 Å². The molecule has 1 aliphatic rings. The van der Waals surface area contributed by atoms with Gasteiger partial charge in [-0.2, -0.15) is 0 Å². The molecule has 1 fully saturated rings. The zero-order chi connectivity index (χ0) is 18.8. The number of nitrogens with zero attached hydrogens (tertiary/aromatic N) is 1. The molecule has 6 nitrogen and oxygen atoms in total. The third-order valence-corrected chi connectivity index (χ3v) is 4.82. The van der Waals surface area contributed by atoms with Crippen LogP contribution in [0.25, 0.3) is 10.9 Å². The number of fused-ring (bicyclic) bond motifs is 1. The number of aromatic amines is 1. The van der Waals surface area contributed by atoms with E-state index in [4.69, 9.17) is 0 Å². The van der Waals surface area contributed by atoms with E-state index in [2.05, 4.69) is 10.3 Å². The summed E-state index contributed by atoms with van der Waals surface area (Å²) in [6.07, 6.45) is 0.191. The number of amides is 2. The SMILES string of the molecule is CC(C)C(=O)N[C@H]1CCN(C(=O)c2cc3ccc(F)cc3[nH]2)CC[C@@H]1O. The Morgan fingerprint density at radius 2 is 2.00 bits per heavy atom. The van der Waals surface area contributed by atoms with Crippen molar-refractivity contribution < 1.29 is 19.1 Å². The smallest absolute Gasteiger partial charge is 0.270 e. The van der Waals surface area contributed by atoms with Gasteiger partial charge in [-0.15, -0.1) is 0 Å². The Bertz CT molecular complexity index is 817. The number of carbonyl (C=O) groups is 2. The normalized spacial score (nSPS) is 21.0. The highest BCUT2D eigenvalue weighted by atomic mass is 19.1. The van der Waals surface area contributed by atoms with E-state index < -0.39 is 6.10 Å². The van der Waals surface area contributed by atoms with Crippen LogP contribution in [-0.2, 0) is 4.79 Å². The van der Waals surface area contributed by atoms with E-state index in [1.807, 2.05) is 0 Å². The Morgan fingerprint density at radius 3 is 2.73 bits per heavy atom. The van der Waals surface area contributed by atoms with E-state index in [0.717, 1.165) is 5.39 Å². The van der Waals surface area contributed by atoms with Crippen molar-refractivity contribution in [1.29, 1.82) is 0 Å². The highest BCUT2D eigenvalue weighted by molar-refractivity contribution is 5.98. The molecule has 0 spiro atoms. The van der Waals surface area contributed by atoms with Crippen LogP contribution in [0.4, 0.5) is 4.39 Å². The van der Waals surface area contributed by atoms with Gasteiger partial charge >= 0.3 is 0 Å². The second-order valence-electron chi connectivity index (χ2n) is 7.12. The molecule has 2 atom stereocenters. The van der Waals surface area contributed by atoms with E-state index in [-0.39, 0.29) is 29.6 Å². The Kier molecular flexibility index (Phi) is 5.27. The van der Waals surface area contributed by atoms with E-state index in [1.165, 1.54) is 12.1 Å². The highest BCUT2D eigenvalue weighted by Crippen LogP contribution is 2.20. The van der Waals surface area contributed by atoms with Crippen LogP contribution in [0.1, 0.15) is 37.2 Å². The molecule has 0 radical (unpaired) electrons. The van der Waals surface area contributed by atoms with Crippen LogP contribution in [0, 0.1) is 11.7 Å². The van der Waals surface area contributed by atoms with Gasteiger partial charge in [0.15, 0.2) is 0 Å². The van der Waals surface area contributed by atoms with Crippen molar-refractivity contribution in [3.05, 3.63) is 35.8 Å². The number of aromatic nitrogens is 1. The molecule has 0 saturated carbocycles. The summed E-state index contributed by atoms with van der Waals surface area (Å²) in [6.45, 7) is 4.43. The number of likely N-dealkylation sites (tertiary alicyclic amines) is 1. The van der Waals surface area contributed by atoms with Gasteiger partial charge < -0.3 is 20.3 Å². The fraction of sp³-hybridized carbons (Fsp3) is 0.474. The molecule has 3 rings (SSSR count). The van der Waals surface area contributed by atoms with E-state index >= 15 is 0 Å². The summed E-state index contributed by atoms with van der Waals surface area (Å²) < 4.78 is 13.3. The summed E-state index contributed by atoms with van der Waals surface area (Å²) in [5.41, 5.74) is 0.968. The summed E-state index contributed by atoms with van der Waals surface area (Å²) in [4.78, 5) is 29.3. The molecule has 1 aromatic carbocycles. The van der Waals surface area contributed by atoms with Gasteiger partial charge in [-0.25, -0.2) is 4.39 Å². The molecular weight excluding hydrogens is 337 g/mol. The van der Waals surface area contributed by atoms with Crippen molar-refractivity contribution in [2.45, 2.75) is 38.8 Å². The molecule has 0 bridgehead atoms.